The molecule has 3 rings (SSSR count). The highest BCUT2D eigenvalue weighted by atomic mass is 32.2. The molecule has 0 saturated heterocycles. The molecule has 144 valence electrons. The summed E-state index contributed by atoms with van der Waals surface area (Å²) < 4.78 is 27.9. The minimum atomic E-state index is -3.65. The van der Waals surface area contributed by atoms with Crippen LogP contribution in [0.15, 0.2) is 78.0 Å². The molecule has 2 aromatic carbocycles. The fourth-order valence-electron chi connectivity index (χ4n) is 2.78. The van der Waals surface area contributed by atoms with E-state index in [9.17, 15) is 13.2 Å². The number of hydrogen-bond acceptors (Lipinski definition) is 4. The molecule has 0 aliphatic heterocycles. The van der Waals surface area contributed by atoms with Crippen LogP contribution in [0.5, 0.6) is 0 Å². The maximum Gasteiger partial charge on any atom is 0.241 e. The van der Waals surface area contributed by atoms with Crippen molar-refractivity contribution in [2.45, 2.75) is 24.8 Å². The van der Waals surface area contributed by atoms with Crippen molar-refractivity contribution in [1.29, 1.82) is 0 Å². The topological polar surface area (TPSA) is 88.2 Å². The van der Waals surface area contributed by atoms with Crippen molar-refractivity contribution in [2.75, 3.05) is 5.32 Å². The van der Waals surface area contributed by atoms with E-state index in [0.717, 1.165) is 16.7 Å². The minimum Gasteiger partial charge on any atom is -0.326 e. The summed E-state index contributed by atoms with van der Waals surface area (Å²) in [6, 6.07) is 17.2. The van der Waals surface area contributed by atoms with Gasteiger partial charge in [0.25, 0.3) is 0 Å². The van der Waals surface area contributed by atoms with Gasteiger partial charge in [-0.1, -0.05) is 30.3 Å². The van der Waals surface area contributed by atoms with E-state index >= 15 is 0 Å². The first kappa shape index (κ1) is 19.7. The molecule has 1 aromatic heterocycles. The van der Waals surface area contributed by atoms with Gasteiger partial charge in [0.2, 0.25) is 15.9 Å². The van der Waals surface area contributed by atoms with Gasteiger partial charge in [-0.05, 0) is 53.9 Å². The molecule has 0 aliphatic rings. The summed E-state index contributed by atoms with van der Waals surface area (Å²) in [6.07, 6.45) is 3.28. The monoisotopic (exact) mass is 395 g/mol. The van der Waals surface area contributed by atoms with Crippen molar-refractivity contribution >= 4 is 21.6 Å². The van der Waals surface area contributed by atoms with E-state index in [4.69, 9.17) is 0 Å². The highest BCUT2D eigenvalue weighted by molar-refractivity contribution is 7.89. The average molecular weight is 395 g/mol. The van der Waals surface area contributed by atoms with Crippen LogP contribution in [-0.4, -0.2) is 19.3 Å². The second kappa shape index (κ2) is 8.33. The number of sulfonamides is 1. The highest BCUT2D eigenvalue weighted by Gasteiger charge is 2.18. The Kier molecular flexibility index (Phi) is 5.87. The van der Waals surface area contributed by atoms with E-state index in [1.54, 1.807) is 61.8 Å². The molecule has 0 saturated carbocycles. The number of rotatable bonds is 6. The zero-order valence-corrected chi connectivity index (χ0v) is 16.4. The number of amides is 1. The summed E-state index contributed by atoms with van der Waals surface area (Å²) in [7, 11) is -3.65. The van der Waals surface area contributed by atoms with E-state index < -0.39 is 10.0 Å². The van der Waals surface area contributed by atoms with Gasteiger partial charge >= 0.3 is 0 Å². The molecule has 0 spiro atoms. The van der Waals surface area contributed by atoms with Crippen molar-refractivity contribution in [2.24, 2.45) is 0 Å². The van der Waals surface area contributed by atoms with Crippen LogP contribution >= 0.6 is 0 Å². The van der Waals surface area contributed by atoms with Crippen LogP contribution in [0.1, 0.15) is 25.5 Å². The van der Waals surface area contributed by atoms with Crippen LogP contribution in [-0.2, 0) is 14.8 Å². The number of pyridine rings is 1. The summed E-state index contributed by atoms with van der Waals surface area (Å²) in [4.78, 5) is 15.3. The van der Waals surface area contributed by atoms with Gasteiger partial charge in [0.05, 0.1) is 4.90 Å². The smallest absolute Gasteiger partial charge is 0.241 e. The number of aromatic nitrogens is 1. The van der Waals surface area contributed by atoms with Crippen molar-refractivity contribution in [3.63, 3.8) is 0 Å². The Balaban J connectivity index is 1.75. The lowest BCUT2D eigenvalue weighted by Crippen LogP contribution is -2.26. The summed E-state index contributed by atoms with van der Waals surface area (Å²) >= 11 is 0. The van der Waals surface area contributed by atoms with Crippen LogP contribution < -0.4 is 10.0 Å². The maximum absolute atomic E-state index is 12.6. The average Bonchev–Trinajstić information content (AvgIpc) is 2.68. The minimum absolute atomic E-state index is 0.129. The molecule has 0 unspecified atom stereocenters. The summed E-state index contributed by atoms with van der Waals surface area (Å²) in [5.74, 6) is -0.129. The predicted octanol–water partition coefficient (Wildman–Crippen LogP) is 3.75. The number of benzene rings is 2. The van der Waals surface area contributed by atoms with Gasteiger partial charge in [0.1, 0.15) is 0 Å². The van der Waals surface area contributed by atoms with Gasteiger partial charge in [-0.25, -0.2) is 13.1 Å². The number of carbonyl (C=O) groups excluding carboxylic acids is 1. The van der Waals surface area contributed by atoms with E-state index in [1.807, 2.05) is 18.2 Å². The fourth-order valence-corrected chi connectivity index (χ4v) is 4.01. The molecule has 1 atom stereocenters. The van der Waals surface area contributed by atoms with Crippen molar-refractivity contribution in [3.05, 3.63) is 78.6 Å². The second-order valence-electron chi connectivity index (χ2n) is 6.41. The Labute approximate surface area is 164 Å². The summed E-state index contributed by atoms with van der Waals surface area (Å²) in [5, 5.41) is 2.71. The zero-order valence-electron chi connectivity index (χ0n) is 15.6. The van der Waals surface area contributed by atoms with E-state index in [0.29, 0.717) is 5.69 Å². The Morgan fingerprint density at radius 1 is 0.964 bits per heavy atom. The summed E-state index contributed by atoms with van der Waals surface area (Å²) in [5.41, 5.74) is 3.31. The Morgan fingerprint density at radius 3 is 2.11 bits per heavy atom. The molecule has 0 fully saturated rings. The molecule has 0 bridgehead atoms. The van der Waals surface area contributed by atoms with Gasteiger partial charge < -0.3 is 5.32 Å². The van der Waals surface area contributed by atoms with Gasteiger partial charge in [-0.3, -0.25) is 9.78 Å². The molecule has 0 radical (unpaired) electrons. The largest absolute Gasteiger partial charge is 0.326 e. The third kappa shape index (κ3) is 4.82. The van der Waals surface area contributed by atoms with Gasteiger partial charge in [-0.2, -0.15) is 0 Å². The van der Waals surface area contributed by atoms with Crippen LogP contribution in [0, 0.1) is 0 Å². The lowest BCUT2D eigenvalue weighted by Gasteiger charge is -2.14. The first-order valence-corrected chi connectivity index (χ1v) is 10.2. The Hall–Kier alpha value is -3.03. The molecular formula is C21H21N3O3S. The highest BCUT2D eigenvalue weighted by Crippen LogP contribution is 2.24. The molecule has 7 heteroatoms. The van der Waals surface area contributed by atoms with Crippen LogP contribution in [0.4, 0.5) is 5.69 Å². The number of carbonyl (C=O) groups is 1. The molecule has 1 heterocycles. The standard InChI is InChI=1S/C21H21N3O3S/c1-15(19-4-3-13-22-14-19)24-28(26,27)21-11-7-18(8-12-21)17-5-9-20(10-6-17)23-16(2)25/h3-15,24H,1-2H3,(H,23,25)/t15-/m1/s1. The second-order valence-corrected chi connectivity index (χ2v) is 8.13. The lowest BCUT2D eigenvalue weighted by atomic mass is 10.1. The quantitative estimate of drug-likeness (QED) is 0.665. The number of anilines is 1. The Morgan fingerprint density at radius 2 is 1.57 bits per heavy atom. The van der Waals surface area contributed by atoms with Gasteiger partial charge in [-0.15, -0.1) is 0 Å². The van der Waals surface area contributed by atoms with E-state index in [2.05, 4.69) is 15.0 Å². The predicted molar refractivity (Wildman–Crippen MR) is 109 cm³/mol. The van der Waals surface area contributed by atoms with Crippen molar-refractivity contribution in [1.82, 2.24) is 9.71 Å². The SMILES string of the molecule is CC(=O)Nc1ccc(-c2ccc(S(=O)(=O)N[C@H](C)c3cccnc3)cc2)cc1. The zero-order chi connectivity index (χ0) is 20.1. The molecular weight excluding hydrogens is 374 g/mol. The molecule has 28 heavy (non-hydrogen) atoms. The number of hydrogen-bond donors (Lipinski definition) is 2. The summed E-state index contributed by atoms with van der Waals surface area (Å²) in [6.45, 7) is 3.23. The molecule has 0 aliphatic carbocycles. The first-order chi connectivity index (χ1) is 13.3. The first-order valence-electron chi connectivity index (χ1n) is 8.75. The molecule has 3 aromatic rings. The normalized spacial score (nSPS) is 12.4. The Bertz CT molecular complexity index is 1050. The third-order valence-electron chi connectivity index (χ3n) is 4.22. The molecule has 2 N–H and O–H groups in total. The van der Waals surface area contributed by atoms with Crippen LogP contribution in [0.2, 0.25) is 0 Å². The molecule has 1 amide bonds. The van der Waals surface area contributed by atoms with Crippen LogP contribution in [0.3, 0.4) is 0 Å². The maximum atomic E-state index is 12.6. The van der Waals surface area contributed by atoms with Crippen LogP contribution in [0.25, 0.3) is 11.1 Å². The van der Waals surface area contributed by atoms with Gasteiger partial charge in [0.15, 0.2) is 0 Å². The lowest BCUT2D eigenvalue weighted by molar-refractivity contribution is -0.114. The third-order valence-corrected chi connectivity index (χ3v) is 5.78. The van der Waals surface area contributed by atoms with E-state index in [-0.39, 0.29) is 16.8 Å². The number of nitrogens with one attached hydrogen (secondary N) is 2. The van der Waals surface area contributed by atoms with Gasteiger partial charge in [0, 0.05) is 31.0 Å². The molecule has 6 nitrogen and oxygen atoms in total. The van der Waals surface area contributed by atoms with Crippen molar-refractivity contribution in [3.8, 4) is 11.1 Å². The number of nitrogens with zero attached hydrogens (tertiary/aromatic N) is 1. The van der Waals surface area contributed by atoms with E-state index in [1.165, 1.54) is 6.92 Å². The van der Waals surface area contributed by atoms with Crippen molar-refractivity contribution < 1.29 is 13.2 Å². The fraction of sp³-hybridized carbons (Fsp3) is 0.143.